The largest absolute Gasteiger partial charge is 0.465 e. The van der Waals surface area contributed by atoms with E-state index < -0.39 is 33.9 Å². The molecule has 0 aliphatic carbocycles. The summed E-state index contributed by atoms with van der Waals surface area (Å²) in [5.41, 5.74) is 0.630. The fourth-order valence-corrected chi connectivity index (χ4v) is 3.65. The molecule has 0 saturated heterocycles. The first-order valence-corrected chi connectivity index (χ1v) is 8.86. The lowest BCUT2D eigenvalue weighted by atomic mass is 10.2. The summed E-state index contributed by atoms with van der Waals surface area (Å²) < 4.78 is 44.5. The lowest BCUT2D eigenvalue weighted by Crippen LogP contribution is -2.51. The van der Waals surface area contributed by atoms with E-state index in [-0.39, 0.29) is 10.6 Å². The van der Waals surface area contributed by atoms with Crippen LogP contribution in [0.1, 0.15) is 10.4 Å². The molecule has 1 aliphatic heterocycles. The first-order valence-electron chi connectivity index (χ1n) is 7.38. The summed E-state index contributed by atoms with van der Waals surface area (Å²) in [6, 6.07) is 8.96. The van der Waals surface area contributed by atoms with Gasteiger partial charge in [-0.2, -0.15) is 4.72 Å². The van der Waals surface area contributed by atoms with Gasteiger partial charge >= 0.3 is 5.97 Å². The van der Waals surface area contributed by atoms with Gasteiger partial charge in [-0.3, -0.25) is 4.79 Å². The third-order valence-electron chi connectivity index (χ3n) is 3.64. The fraction of sp³-hybridized carbons (Fsp3) is 0.125. The van der Waals surface area contributed by atoms with Crippen molar-refractivity contribution in [1.29, 1.82) is 0 Å². The standard InChI is InChI=1S/C16H14FN3O5S/c1-25-16(22)9-2-5-11(6-3-9)18-15(21)14-19-12-8-10(17)4-7-13(12)26(23,24)20-14/h2-8,14,19-20H,1H3,(H,18,21)/t14-/m1/s1. The monoisotopic (exact) mass is 379 g/mol. The predicted molar refractivity (Wildman–Crippen MR) is 90.5 cm³/mol. The van der Waals surface area contributed by atoms with Crippen molar-refractivity contribution in [2.45, 2.75) is 11.1 Å². The van der Waals surface area contributed by atoms with Crippen LogP contribution in [0, 0.1) is 5.82 Å². The summed E-state index contributed by atoms with van der Waals surface area (Å²) in [5, 5.41) is 5.14. The normalized spacial score (nSPS) is 17.5. The number of rotatable bonds is 3. The zero-order valence-corrected chi connectivity index (χ0v) is 14.3. The number of methoxy groups -OCH3 is 1. The van der Waals surface area contributed by atoms with Crippen LogP contribution in [-0.4, -0.2) is 33.6 Å². The van der Waals surface area contributed by atoms with Gasteiger partial charge in [-0.05, 0) is 42.5 Å². The Morgan fingerprint density at radius 2 is 1.85 bits per heavy atom. The van der Waals surface area contributed by atoms with E-state index in [1.807, 2.05) is 0 Å². The first-order chi connectivity index (χ1) is 12.3. The van der Waals surface area contributed by atoms with Crippen LogP contribution in [-0.2, 0) is 19.6 Å². The quantitative estimate of drug-likeness (QED) is 0.693. The van der Waals surface area contributed by atoms with E-state index >= 15 is 0 Å². The van der Waals surface area contributed by atoms with Gasteiger partial charge in [0.05, 0.1) is 18.4 Å². The summed E-state index contributed by atoms with van der Waals surface area (Å²) >= 11 is 0. The minimum absolute atomic E-state index is 0.00932. The number of carbonyl (C=O) groups is 2. The second-order valence-corrected chi connectivity index (χ2v) is 7.08. The zero-order valence-electron chi connectivity index (χ0n) is 13.4. The molecule has 0 saturated carbocycles. The van der Waals surface area contributed by atoms with Crippen LogP contribution in [0.15, 0.2) is 47.4 Å². The summed E-state index contributed by atoms with van der Waals surface area (Å²) in [7, 11) is -2.72. The van der Waals surface area contributed by atoms with Crippen molar-refractivity contribution in [3.63, 3.8) is 0 Å². The van der Waals surface area contributed by atoms with Crippen LogP contribution in [0.5, 0.6) is 0 Å². The molecule has 1 atom stereocenters. The Balaban J connectivity index is 1.78. The molecule has 1 aliphatic rings. The van der Waals surface area contributed by atoms with Crippen molar-refractivity contribution in [2.24, 2.45) is 0 Å². The molecule has 1 heterocycles. The van der Waals surface area contributed by atoms with E-state index in [1.54, 1.807) is 0 Å². The van der Waals surface area contributed by atoms with Crippen molar-refractivity contribution in [3.05, 3.63) is 53.8 Å². The van der Waals surface area contributed by atoms with Crippen molar-refractivity contribution in [1.82, 2.24) is 4.72 Å². The van der Waals surface area contributed by atoms with Crippen LogP contribution in [0.3, 0.4) is 0 Å². The van der Waals surface area contributed by atoms with Crippen molar-refractivity contribution in [2.75, 3.05) is 17.7 Å². The maximum Gasteiger partial charge on any atom is 0.337 e. The molecule has 0 aromatic heterocycles. The van der Waals surface area contributed by atoms with Gasteiger partial charge in [-0.15, -0.1) is 0 Å². The number of carbonyl (C=O) groups excluding carboxylic acids is 2. The van der Waals surface area contributed by atoms with E-state index in [9.17, 15) is 22.4 Å². The number of sulfonamides is 1. The topological polar surface area (TPSA) is 114 Å². The molecule has 0 bridgehead atoms. The van der Waals surface area contributed by atoms with Crippen LogP contribution >= 0.6 is 0 Å². The molecule has 2 aromatic rings. The molecule has 2 aromatic carbocycles. The minimum atomic E-state index is -3.97. The molecule has 0 radical (unpaired) electrons. The first kappa shape index (κ1) is 17.8. The SMILES string of the molecule is COC(=O)c1ccc(NC(=O)[C@@H]2Nc3cc(F)ccc3S(=O)(=O)N2)cc1. The minimum Gasteiger partial charge on any atom is -0.465 e. The van der Waals surface area contributed by atoms with Crippen LogP contribution < -0.4 is 15.4 Å². The number of ether oxygens (including phenoxy) is 1. The molecule has 0 fully saturated rings. The number of benzene rings is 2. The average Bonchev–Trinajstić information content (AvgIpc) is 2.60. The maximum absolute atomic E-state index is 13.4. The maximum atomic E-state index is 13.4. The van der Waals surface area contributed by atoms with Crippen molar-refractivity contribution >= 4 is 33.3 Å². The zero-order chi connectivity index (χ0) is 18.9. The van der Waals surface area contributed by atoms with Crippen LogP contribution in [0.4, 0.5) is 15.8 Å². The molecular weight excluding hydrogens is 365 g/mol. The van der Waals surface area contributed by atoms with E-state index in [4.69, 9.17) is 0 Å². The summed E-state index contributed by atoms with van der Waals surface area (Å²) in [4.78, 5) is 23.6. The van der Waals surface area contributed by atoms with Gasteiger partial charge in [0.25, 0.3) is 5.91 Å². The Hall–Kier alpha value is -2.98. The van der Waals surface area contributed by atoms with E-state index in [0.717, 1.165) is 18.2 Å². The third kappa shape index (κ3) is 3.51. The molecule has 3 N–H and O–H groups in total. The number of fused-ring (bicyclic) bond motifs is 1. The second kappa shape index (κ2) is 6.73. The third-order valence-corrected chi connectivity index (χ3v) is 5.12. The van der Waals surface area contributed by atoms with Crippen molar-refractivity contribution in [3.8, 4) is 0 Å². The van der Waals surface area contributed by atoms with Crippen LogP contribution in [0.25, 0.3) is 0 Å². The van der Waals surface area contributed by atoms with Gasteiger partial charge in [-0.25, -0.2) is 17.6 Å². The summed E-state index contributed by atoms with van der Waals surface area (Å²) in [6.45, 7) is 0. The van der Waals surface area contributed by atoms with Gasteiger partial charge in [0.15, 0.2) is 6.17 Å². The van der Waals surface area contributed by atoms with Crippen LogP contribution in [0.2, 0.25) is 0 Å². The summed E-state index contributed by atoms with van der Waals surface area (Å²) in [5.74, 6) is -1.86. The molecular formula is C16H14FN3O5S. The van der Waals surface area contributed by atoms with E-state index in [0.29, 0.717) is 11.3 Å². The molecule has 1 amide bonds. The smallest absolute Gasteiger partial charge is 0.337 e. The molecule has 136 valence electrons. The van der Waals surface area contributed by atoms with Gasteiger partial charge < -0.3 is 15.4 Å². The van der Waals surface area contributed by atoms with Gasteiger partial charge in [0.1, 0.15) is 10.7 Å². The lowest BCUT2D eigenvalue weighted by molar-refractivity contribution is -0.117. The molecule has 0 unspecified atom stereocenters. The number of anilines is 2. The molecule has 3 rings (SSSR count). The number of hydrogen-bond acceptors (Lipinski definition) is 6. The Morgan fingerprint density at radius 3 is 2.50 bits per heavy atom. The van der Waals surface area contributed by atoms with Gasteiger partial charge in [0, 0.05) is 5.69 Å². The number of amides is 1. The molecule has 26 heavy (non-hydrogen) atoms. The molecule has 10 heteroatoms. The molecule has 0 spiro atoms. The van der Waals surface area contributed by atoms with E-state index in [2.05, 4.69) is 20.1 Å². The van der Waals surface area contributed by atoms with Crippen molar-refractivity contribution < 1.29 is 27.1 Å². The highest BCUT2D eigenvalue weighted by molar-refractivity contribution is 7.89. The average molecular weight is 379 g/mol. The highest BCUT2D eigenvalue weighted by Gasteiger charge is 2.33. The van der Waals surface area contributed by atoms with E-state index in [1.165, 1.54) is 31.4 Å². The summed E-state index contributed by atoms with van der Waals surface area (Å²) in [6.07, 6.45) is -1.32. The Kier molecular flexibility index (Phi) is 4.62. The predicted octanol–water partition coefficient (Wildman–Crippen LogP) is 1.28. The lowest BCUT2D eigenvalue weighted by Gasteiger charge is -2.27. The van der Waals surface area contributed by atoms with Gasteiger partial charge in [-0.1, -0.05) is 0 Å². The number of halogens is 1. The number of hydrogen-bond donors (Lipinski definition) is 3. The Morgan fingerprint density at radius 1 is 1.15 bits per heavy atom. The number of nitrogens with one attached hydrogen (secondary N) is 3. The Labute approximate surface area is 148 Å². The second-order valence-electron chi connectivity index (χ2n) is 5.40. The molecule has 8 nitrogen and oxygen atoms in total. The highest BCUT2D eigenvalue weighted by atomic mass is 32.2. The Bertz CT molecular complexity index is 976. The highest BCUT2D eigenvalue weighted by Crippen LogP contribution is 2.27. The van der Waals surface area contributed by atoms with Gasteiger partial charge in [0.2, 0.25) is 10.0 Å². The fourth-order valence-electron chi connectivity index (χ4n) is 2.39. The number of esters is 1.